The molecule has 0 unspecified atom stereocenters. The topological polar surface area (TPSA) is 91.4 Å². The lowest BCUT2D eigenvalue weighted by molar-refractivity contribution is -0.139. The fourth-order valence-electron chi connectivity index (χ4n) is 2.91. The maximum atomic E-state index is 12.0. The number of rotatable bonds is 6. The van der Waals surface area contributed by atoms with E-state index in [-0.39, 0.29) is 13.0 Å². The first-order valence-corrected chi connectivity index (χ1v) is 8.31. The number of carbonyl (C=O) groups excluding carboxylic acids is 1. The molecule has 3 aromatic rings. The SMILES string of the molecule is Cc1[nH]c2ccccc2c1C[C@@H](NC(=O)OCc1ccccc1)C(=O)O. The molecule has 0 aliphatic rings. The van der Waals surface area contributed by atoms with Gasteiger partial charge in [-0.3, -0.25) is 0 Å². The van der Waals surface area contributed by atoms with Crippen LogP contribution in [0, 0.1) is 6.92 Å². The second kappa shape index (κ2) is 7.74. The summed E-state index contributed by atoms with van der Waals surface area (Å²) in [7, 11) is 0. The Labute approximate surface area is 150 Å². The maximum Gasteiger partial charge on any atom is 0.408 e. The number of H-pyrrole nitrogens is 1. The highest BCUT2D eigenvalue weighted by molar-refractivity contribution is 5.86. The third-order valence-electron chi connectivity index (χ3n) is 4.24. The van der Waals surface area contributed by atoms with Crippen LogP contribution >= 0.6 is 0 Å². The number of fused-ring (bicyclic) bond motifs is 1. The van der Waals surface area contributed by atoms with E-state index in [0.29, 0.717) is 0 Å². The zero-order valence-corrected chi connectivity index (χ0v) is 14.4. The van der Waals surface area contributed by atoms with Crippen LogP contribution in [0.2, 0.25) is 0 Å². The molecule has 6 heteroatoms. The minimum absolute atomic E-state index is 0.0884. The molecule has 0 saturated heterocycles. The number of ether oxygens (including phenoxy) is 1. The van der Waals surface area contributed by atoms with Gasteiger partial charge in [0.1, 0.15) is 12.6 Å². The fourth-order valence-corrected chi connectivity index (χ4v) is 2.91. The molecule has 2 aromatic carbocycles. The zero-order chi connectivity index (χ0) is 18.5. The van der Waals surface area contributed by atoms with Crippen LogP contribution in [0.1, 0.15) is 16.8 Å². The molecule has 0 radical (unpaired) electrons. The Morgan fingerprint density at radius 1 is 1.12 bits per heavy atom. The van der Waals surface area contributed by atoms with Crippen LogP contribution in [0.5, 0.6) is 0 Å². The van der Waals surface area contributed by atoms with Crippen molar-refractivity contribution in [1.29, 1.82) is 0 Å². The van der Waals surface area contributed by atoms with Crippen LogP contribution in [0.3, 0.4) is 0 Å². The summed E-state index contributed by atoms with van der Waals surface area (Å²) in [4.78, 5) is 26.8. The number of alkyl carbamates (subject to hydrolysis) is 1. The Morgan fingerprint density at radius 2 is 1.81 bits per heavy atom. The summed E-state index contributed by atoms with van der Waals surface area (Å²) < 4.78 is 5.12. The maximum absolute atomic E-state index is 12.0. The van der Waals surface area contributed by atoms with Gasteiger partial charge in [0.05, 0.1) is 0 Å². The molecule has 3 N–H and O–H groups in total. The van der Waals surface area contributed by atoms with Gasteiger partial charge in [0, 0.05) is 23.0 Å². The molecule has 1 heterocycles. The lowest BCUT2D eigenvalue weighted by atomic mass is 10.0. The van der Waals surface area contributed by atoms with Gasteiger partial charge in [0.15, 0.2) is 0 Å². The Hall–Kier alpha value is -3.28. The number of aromatic amines is 1. The third-order valence-corrected chi connectivity index (χ3v) is 4.24. The van der Waals surface area contributed by atoms with Crippen LogP contribution in [-0.2, 0) is 22.6 Å². The van der Waals surface area contributed by atoms with E-state index in [4.69, 9.17) is 4.74 Å². The van der Waals surface area contributed by atoms with Crippen LogP contribution < -0.4 is 5.32 Å². The number of amides is 1. The van der Waals surface area contributed by atoms with Gasteiger partial charge in [0.2, 0.25) is 0 Å². The monoisotopic (exact) mass is 352 g/mol. The van der Waals surface area contributed by atoms with Gasteiger partial charge < -0.3 is 20.1 Å². The fraction of sp³-hybridized carbons (Fsp3) is 0.200. The molecule has 1 aromatic heterocycles. The summed E-state index contributed by atoms with van der Waals surface area (Å²) in [6.07, 6.45) is -0.579. The summed E-state index contributed by atoms with van der Waals surface area (Å²) in [5.74, 6) is -1.11. The first kappa shape index (κ1) is 17.5. The van der Waals surface area contributed by atoms with E-state index in [1.807, 2.05) is 61.5 Å². The molecule has 1 atom stereocenters. The molecular weight excluding hydrogens is 332 g/mol. The quantitative estimate of drug-likeness (QED) is 0.634. The molecule has 134 valence electrons. The number of aromatic nitrogens is 1. The van der Waals surface area contributed by atoms with E-state index in [9.17, 15) is 14.7 Å². The van der Waals surface area contributed by atoms with E-state index >= 15 is 0 Å². The number of aryl methyl sites for hydroxylation is 1. The van der Waals surface area contributed by atoms with Crippen molar-refractivity contribution >= 4 is 23.0 Å². The number of hydrogen-bond donors (Lipinski definition) is 3. The summed E-state index contributed by atoms with van der Waals surface area (Å²) in [5.41, 5.74) is 3.53. The van der Waals surface area contributed by atoms with E-state index in [2.05, 4.69) is 10.3 Å². The number of carbonyl (C=O) groups is 2. The number of para-hydroxylation sites is 1. The van der Waals surface area contributed by atoms with E-state index in [0.717, 1.165) is 27.7 Å². The summed E-state index contributed by atoms with van der Waals surface area (Å²) in [5, 5.41) is 12.9. The molecule has 0 saturated carbocycles. The minimum Gasteiger partial charge on any atom is -0.480 e. The molecule has 0 spiro atoms. The van der Waals surface area contributed by atoms with Gasteiger partial charge in [-0.2, -0.15) is 0 Å². The molecule has 6 nitrogen and oxygen atoms in total. The highest BCUT2D eigenvalue weighted by Gasteiger charge is 2.23. The van der Waals surface area contributed by atoms with Gasteiger partial charge in [0.25, 0.3) is 0 Å². The summed E-state index contributed by atoms with van der Waals surface area (Å²) >= 11 is 0. The molecule has 0 aliphatic heterocycles. The van der Waals surface area contributed by atoms with Gasteiger partial charge in [-0.05, 0) is 24.1 Å². The predicted molar refractivity (Wildman–Crippen MR) is 97.9 cm³/mol. The van der Waals surface area contributed by atoms with Gasteiger partial charge in [-0.15, -0.1) is 0 Å². The molecular formula is C20H20N2O4. The van der Waals surface area contributed by atoms with Crippen LogP contribution in [0.15, 0.2) is 54.6 Å². The van der Waals surface area contributed by atoms with E-state index in [1.54, 1.807) is 0 Å². The average molecular weight is 352 g/mol. The van der Waals surface area contributed by atoms with Crippen molar-refractivity contribution in [2.75, 3.05) is 0 Å². The average Bonchev–Trinajstić information content (AvgIpc) is 2.95. The Balaban J connectivity index is 1.68. The Bertz CT molecular complexity index is 918. The third kappa shape index (κ3) is 4.03. The molecule has 0 fully saturated rings. The second-order valence-electron chi connectivity index (χ2n) is 6.08. The molecule has 0 bridgehead atoms. The second-order valence-corrected chi connectivity index (χ2v) is 6.08. The molecule has 1 amide bonds. The lowest BCUT2D eigenvalue weighted by Crippen LogP contribution is -2.42. The lowest BCUT2D eigenvalue weighted by Gasteiger charge is -2.15. The van der Waals surface area contributed by atoms with Crippen molar-refractivity contribution in [3.8, 4) is 0 Å². The van der Waals surface area contributed by atoms with Crippen molar-refractivity contribution in [2.45, 2.75) is 26.0 Å². The van der Waals surface area contributed by atoms with E-state index in [1.165, 1.54) is 0 Å². The minimum atomic E-state index is -1.11. The first-order chi connectivity index (χ1) is 12.5. The number of aliphatic carboxylic acids is 1. The summed E-state index contributed by atoms with van der Waals surface area (Å²) in [6.45, 7) is 1.98. The van der Waals surface area contributed by atoms with Gasteiger partial charge in [-0.25, -0.2) is 9.59 Å². The van der Waals surface area contributed by atoms with E-state index < -0.39 is 18.1 Å². The number of carboxylic acids is 1. The molecule has 0 aliphatic carbocycles. The van der Waals surface area contributed by atoms with Crippen molar-refractivity contribution in [2.24, 2.45) is 0 Å². The molecule has 3 rings (SSSR count). The Morgan fingerprint density at radius 3 is 2.54 bits per heavy atom. The van der Waals surface area contributed by atoms with Crippen LogP contribution in [0.25, 0.3) is 10.9 Å². The predicted octanol–water partition coefficient (Wildman–Crippen LogP) is 3.40. The number of carboxylic acid groups (broad SMARTS) is 1. The van der Waals surface area contributed by atoms with Crippen molar-refractivity contribution in [3.05, 3.63) is 71.4 Å². The van der Waals surface area contributed by atoms with Crippen molar-refractivity contribution in [1.82, 2.24) is 10.3 Å². The molecule has 26 heavy (non-hydrogen) atoms. The zero-order valence-electron chi connectivity index (χ0n) is 14.4. The van der Waals surface area contributed by atoms with Gasteiger partial charge in [-0.1, -0.05) is 48.5 Å². The number of nitrogens with one attached hydrogen (secondary N) is 2. The highest BCUT2D eigenvalue weighted by Crippen LogP contribution is 2.23. The van der Waals surface area contributed by atoms with Gasteiger partial charge >= 0.3 is 12.1 Å². The summed E-state index contributed by atoms with van der Waals surface area (Å²) in [6, 6.07) is 15.8. The normalized spacial score (nSPS) is 11.9. The van der Waals surface area contributed by atoms with Crippen LogP contribution in [0.4, 0.5) is 4.79 Å². The number of hydrogen-bond acceptors (Lipinski definition) is 3. The highest BCUT2D eigenvalue weighted by atomic mass is 16.5. The largest absolute Gasteiger partial charge is 0.480 e. The van der Waals surface area contributed by atoms with Crippen LogP contribution in [-0.4, -0.2) is 28.2 Å². The first-order valence-electron chi connectivity index (χ1n) is 8.31. The standard InChI is InChI=1S/C20H20N2O4/c1-13-16(15-9-5-6-10-17(15)21-13)11-18(19(23)24)22-20(25)26-12-14-7-3-2-4-8-14/h2-10,18,21H,11-12H2,1H3,(H,22,25)(H,23,24)/t18-/m1/s1. The smallest absolute Gasteiger partial charge is 0.408 e. The number of benzene rings is 2. The Kier molecular flexibility index (Phi) is 5.22. The van der Waals surface area contributed by atoms with Crippen molar-refractivity contribution in [3.63, 3.8) is 0 Å². The van der Waals surface area contributed by atoms with Crippen molar-refractivity contribution < 1.29 is 19.4 Å².